The van der Waals surface area contributed by atoms with Crippen molar-refractivity contribution in [2.45, 2.75) is 0 Å². The Balaban J connectivity index is 1.45. The van der Waals surface area contributed by atoms with Crippen LogP contribution in [0.1, 0.15) is 21.6 Å². The standard InChI is InChI=1S/C29H14BBr3F2N2O2S4/c1-39-29(38)14-4-2-13(3-5-14)25(27-26(33)28-15(36-27)10-21(43-28)18-6-8-23(31)41-18)17-12-20-16(37(17)30(34)35)11-22(40-20)19-7-9-24(32)42-19/h2-12H,1H3/b27-25-. The molecule has 0 unspecified atom stereocenters. The van der Waals surface area contributed by atoms with Crippen LogP contribution in [0.15, 0.2) is 85.0 Å². The molecule has 6 heterocycles. The molecule has 0 N–H and O–H groups in total. The van der Waals surface area contributed by atoms with Crippen LogP contribution in [0.5, 0.6) is 0 Å². The first-order valence-electron chi connectivity index (χ1n) is 12.5. The van der Waals surface area contributed by atoms with Crippen molar-refractivity contribution in [3.8, 4) is 19.5 Å². The Hall–Kier alpha value is -2.20. The first-order chi connectivity index (χ1) is 20.7. The molecule has 0 amide bonds. The molecule has 6 aromatic rings. The first kappa shape index (κ1) is 29.5. The lowest BCUT2D eigenvalue weighted by Gasteiger charge is -2.15. The summed E-state index contributed by atoms with van der Waals surface area (Å²) >= 11 is 17.1. The minimum atomic E-state index is -2.80. The minimum absolute atomic E-state index is 0.342. The summed E-state index contributed by atoms with van der Waals surface area (Å²) in [5.74, 6) is -0.474. The molecule has 0 atom stereocenters. The molecule has 1 aromatic carbocycles. The van der Waals surface area contributed by atoms with Crippen LogP contribution in [-0.4, -0.2) is 25.0 Å². The van der Waals surface area contributed by atoms with Gasteiger partial charge in [0.05, 0.1) is 50.5 Å². The second kappa shape index (κ2) is 11.6. The SMILES string of the molecule is COC(=O)c1ccc(/C(=C2/N=c3cc(-c4ccc(Br)s4)sc3=C2Br)c2cc3sc(-c4ccc(Br)s4)cc3n2B(F)F)cc1. The van der Waals surface area contributed by atoms with Crippen molar-refractivity contribution >= 4 is 127 Å². The van der Waals surface area contributed by atoms with Crippen molar-refractivity contribution in [1.82, 2.24) is 4.48 Å². The molecular formula is C29H14BBr3F2N2O2S4. The van der Waals surface area contributed by atoms with E-state index in [4.69, 9.17) is 9.73 Å². The van der Waals surface area contributed by atoms with E-state index in [2.05, 4.69) is 53.9 Å². The zero-order chi connectivity index (χ0) is 30.0. The molecule has 0 fully saturated rings. The molecule has 214 valence electrons. The number of fused-ring (bicyclic) bond motifs is 2. The van der Waals surface area contributed by atoms with E-state index in [1.165, 1.54) is 18.4 Å². The molecular weight excluding hydrogens is 825 g/mol. The van der Waals surface area contributed by atoms with E-state index in [1.54, 1.807) is 58.3 Å². The van der Waals surface area contributed by atoms with Crippen molar-refractivity contribution in [3.63, 3.8) is 0 Å². The number of hydrogen-bond donors (Lipinski definition) is 0. The Morgan fingerprint density at radius 3 is 2.00 bits per heavy atom. The molecule has 1 aliphatic heterocycles. The number of hydrogen-bond acceptors (Lipinski definition) is 7. The fourth-order valence-electron chi connectivity index (χ4n) is 4.91. The fraction of sp³-hybridized carbons (Fsp3) is 0.0345. The number of methoxy groups -OCH3 is 1. The van der Waals surface area contributed by atoms with Crippen LogP contribution in [0.2, 0.25) is 0 Å². The van der Waals surface area contributed by atoms with Gasteiger partial charge < -0.3 is 9.21 Å². The maximum Gasteiger partial charge on any atom is 0.678 e. The fourth-order valence-corrected chi connectivity index (χ4v) is 10.7. The molecule has 4 nitrogen and oxygen atoms in total. The summed E-state index contributed by atoms with van der Waals surface area (Å²) in [4.78, 5) is 21.3. The van der Waals surface area contributed by atoms with E-state index in [1.807, 2.05) is 36.4 Å². The Morgan fingerprint density at radius 2 is 1.44 bits per heavy atom. The van der Waals surface area contributed by atoms with Crippen molar-refractivity contribution in [2.24, 2.45) is 4.99 Å². The maximum absolute atomic E-state index is 15.0. The van der Waals surface area contributed by atoms with Gasteiger partial charge in [-0.05, 0) is 108 Å². The zero-order valence-electron chi connectivity index (χ0n) is 21.7. The summed E-state index contributed by atoms with van der Waals surface area (Å²) in [6, 6.07) is 20.4. The molecule has 0 saturated carbocycles. The third kappa shape index (κ3) is 5.28. The third-order valence-electron chi connectivity index (χ3n) is 6.79. The van der Waals surface area contributed by atoms with Gasteiger partial charge >= 0.3 is 13.4 Å². The highest BCUT2D eigenvalue weighted by atomic mass is 79.9. The zero-order valence-corrected chi connectivity index (χ0v) is 29.7. The van der Waals surface area contributed by atoms with Crippen molar-refractivity contribution < 1.29 is 18.2 Å². The average Bonchev–Trinajstić information content (AvgIpc) is 3.82. The van der Waals surface area contributed by atoms with Crippen LogP contribution in [0.4, 0.5) is 8.63 Å². The van der Waals surface area contributed by atoms with Gasteiger partial charge in [-0.15, -0.1) is 45.3 Å². The van der Waals surface area contributed by atoms with Gasteiger partial charge in [0.25, 0.3) is 0 Å². The summed E-state index contributed by atoms with van der Waals surface area (Å²) in [5, 5.41) is 0.776. The van der Waals surface area contributed by atoms with Gasteiger partial charge in [-0.3, -0.25) is 8.63 Å². The number of carbonyl (C=O) groups excluding carboxylic acids is 1. The Bertz CT molecular complexity index is 2230. The van der Waals surface area contributed by atoms with E-state index in [9.17, 15) is 13.4 Å². The lowest BCUT2D eigenvalue weighted by atomic mass is 9.97. The maximum atomic E-state index is 15.0. The highest BCUT2D eigenvalue weighted by molar-refractivity contribution is 9.15. The largest absolute Gasteiger partial charge is 0.678 e. The number of nitrogens with zero attached hydrogens (tertiary/aromatic N) is 2. The molecule has 43 heavy (non-hydrogen) atoms. The predicted molar refractivity (Wildman–Crippen MR) is 186 cm³/mol. The predicted octanol–water partition coefficient (Wildman–Crippen LogP) is 9.90. The Labute approximate surface area is 285 Å². The normalized spacial score (nSPS) is 13.9. The van der Waals surface area contributed by atoms with Gasteiger partial charge in [0, 0.05) is 30.8 Å². The third-order valence-corrected chi connectivity index (χ3v) is 13.7. The summed E-state index contributed by atoms with van der Waals surface area (Å²) in [6.45, 7) is 0. The van der Waals surface area contributed by atoms with Crippen molar-refractivity contribution in [1.29, 1.82) is 0 Å². The summed E-state index contributed by atoms with van der Waals surface area (Å²) in [6.07, 6.45) is 0. The van der Waals surface area contributed by atoms with Crippen LogP contribution >= 0.6 is 93.1 Å². The van der Waals surface area contributed by atoms with E-state index < -0.39 is 13.4 Å². The number of thiophene rings is 4. The number of ether oxygens (including phenoxy) is 1. The molecule has 0 spiro atoms. The van der Waals surface area contributed by atoms with Crippen LogP contribution in [0, 0.1) is 0 Å². The number of carbonyl (C=O) groups is 1. The molecule has 7 rings (SSSR count). The molecule has 0 bridgehead atoms. The second-order valence-electron chi connectivity index (χ2n) is 9.29. The van der Waals surface area contributed by atoms with Crippen molar-refractivity contribution in [2.75, 3.05) is 7.11 Å². The van der Waals surface area contributed by atoms with Gasteiger partial charge in [-0.2, -0.15) is 0 Å². The molecule has 0 aliphatic carbocycles. The van der Waals surface area contributed by atoms with Crippen molar-refractivity contribution in [3.05, 3.63) is 107 Å². The van der Waals surface area contributed by atoms with Crippen LogP contribution < -0.4 is 9.89 Å². The van der Waals surface area contributed by atoms with Gasteiger partial charge in [0.15, 0.2) is 0 Å². The number of halogens is 5. The quantitative estimate of drug-likeness (QED) is 0.124. The highest BCUT2D eigenvalue weighted by Crippen LogP contribution is 2.44. The number of allylic oxidation sites excluding steroid dienone is 1. The van der Waals surface area contributed by atoms with Gasteiger partial charge in [0.2, 0.25) is 0 Å². The number of rotatable bonds is 6. The summed E-state index contributed by atoms with van der Waals surface area (Å²) in [7, 11) is -1.48. The number of benzene rings is 1. The number of aromatic nitrogens is 1. The Morgan fingerprint density at radius 1 is 0.814 bits per heavy atom. The molecule has 0 saturated heterocycles. The van der Waals surface area contributed by atoms with Crippen LogP contribution in [0.25, 0.3) is 39.8 Å². The lowest BCUT2D eigenvalue weighted by Crippen LogP contribution is -2.16. The first-order valence-corrected chi connectivity index (χ1v) is 18.1. The smallest absolute Gasteiger partial charge is 0.465 e. The van der Waals surface area contributed by atoms with Crippen LogP contribution in [0.3, 0.4) is 0 Å². The minimum Gasteiger partial charge on any atom is -0.465 e. The van der Waals surface area contributed by atoms with E-state index in [-0.39, 0.29) is 0 Å². The van der Waals surface area contributed by atoms with Gasteiger partial charge in [-0.1, -0.05) is 12.1 Å². The lowest BCUT2D eigenvalue weighted by molar-refractivity contribution is 0.0600. The molecule has 0 radical (unpaired) electrons. The van der Waals surface area contributed by atoms with Crippen LogP contribution in [-0.2, 0) is 4.74 Å². The van der Waals surface area contributed by atoms with E-state index in [0.717, 1.165) is 50.6 Å². The number of esters is 1. The molecule has 1 aliphatic rings. The highest BCUT2D eigenvalue weighted by Gasteiger charge is 2.30. The molecule has 14 heteroatoms. The van der Waals surface area contributed by atoms with E-state index >= 15 is 0 Å². The molecule has 5 aromatic heterocycles. The monoisotopic (exact) mass is 836 g/mol. The average molecular weight is 839 g/mol. The Kier molecular flexibility index (Phi) is 7.98. The van der Waals surface area contributed by atoms with Gasteiger partial charge in [0.1, 0.15) is 0 Å². The van der Waals surface area contributed by atoms with E-state index in [0.29, 0.717) is 33.6 Å². The topological polar surface area (TPSA) is 43.6 Å². The summed E-state index contributed by atoms with van der Waals surface area (Å²) in [5.41, 5.74) is 2.90. The van der Waals surface area contributed by atoms with Gasteiger partial charge in [-0.25, -0.2) is 9.79 Å². The second-order valence-corrected chi connectivity index (χ2v) is 17.1. The summed E-state index contributed by atoms with van der Waals surface area (Å²) < 4.78 is 40.3.